The van der Waals surface area contributed by atoms with Gasteiger partial charge in [0, 0.05) is 12.1 Å². The summed E-state index contributed by atoms with van der Waals surface area (Å²) in [6.45, 7) is 13.3. The Bertz CT molecular complexity index is 1450. The van der Waals surface area contributed by atoms with E-state index >= 15 is 0 Å². The van der Waals surface area contributed by atoms with Gasteiger partial charge >= 0.3 is 0 Å². The van der Waals surface area contributed by atoms with Gasteiger partial charge in [0.25, 0.3) is 10.0 Å². The van der Waals surface area contributed by atoms with Crippen LogP contribution >= 0.6 is 0 Å². The number of aryl methyl sites for hydroxylation is 2. The van der Waals surface area contributed by atoms with Gasteiger partial charge in [0.05, 0.1) is 17.2 Å². The molecule has 9 heteroatoms. The first kappa shape index (κ1) is 32.7. The van der Waals surface area contributed by atoms with E-state index in [9.17, 15) is 18.0 Å². The minimum absolute atomic E-state index is 0.0296. The Balaban J connectivity index is 2.05. The van der Waals surface area contributed by atoms with Crippen molar-refractivity contribution in [3.63, 3.8) is 0 Å². The van der Waals surface area contributed by atoms with Gasteiger partial charge in [0.2, 0.25) is 11.8 Å². The molecule has 3 aromatic carbocycles. The van der Waals surface area contributed by atoms with Crippen LogP contribution in [0.4, 0.5) is 5.69 Å². The lowest BCUT2D eigenvalue weighted by Gasteiger charge is -2.34. The molecule has 0 aliphatic heterocycles. The van der Waals surface area contributed by atoms with Crippen LogP contribution in [0.2, 0.25) is 0 Å². The van der Waals surface area contributed by atoms with Gasteiger partial charge in [-0.15, -0.1) is 0 Å². The molecule has 226 valence electrons. The molecule has 0 aromatic heterocycles. The van der Waals surface area contributed by atoms with Gasteiger partial charge in [-0.2, -0.15) is 0 Å². The van der Waals surface area contributed by atoms with Crippen LogP contribution in [0.25, 0.3) is 0 Å². The van der Waals surface area contributed by atoms with E-state index in [4.69, 9.17) is 4.74 Å². The largest absolute Gasteiger partial charge is 0.494 e. The van der Waals surface area contributed by atoms with Crippen molar-refractivity contribution in [2.75, 3.05) is 17.5 Å². The lowest BCUT2D eigenvalue weighted by Crippen LogP contribution is -2.55. The third-order valence-electron chi connectivity index (χ3n) is 6.68. The first-order chi connectivity index (χ1) is 19.7. The van der Waals surface area contributed by atoms with Gasteiger partial charge in [-0.25, -0.2) is 8.42 Å². The van der Waals surface area contributed by atoms with E-state index in [1.54, 1.807) is 36.4 Å². The molecule has 0 radical (unpaired) electrons. The summed E-state index contributed by atoms with van der Waals surface area (Å²) in [5, 5.41) is 2.99. The Morgan fingerprint density at radius 2 is 1.40 bits per heavy atom. The van der Waals surface area contributed by atoms with Crippen molar-refractivity contribution in [3.8, 4) is 5.75 Å². The number of carbonyl (C=O) groups is 2. The topological polar surface area (TPSA) is 96.0 Å². The molecule has 0 heterocycles. The summed E-state index contributed by atoms with van der Waals surface area (Å²) in [6.07, 6.45) is 0.357. The van der Waals surface area contributed by atoms with Crippen LogP contribution in [0.1, 0.15) is 57.7 Å². The fourth-order valence-electron chi connectivity index (χ4n) is 4.50. The molecule has 0 unspecified atom stereocenters. The van der Waals surface area contributed by atoms with Gasteiger partial charge in [0.15, 0.2) is 0 Å². The SMILES string of the molecule is CCOc1ccc(S(=O)(=O)N(CC(=O)N(Cc2ccc(C)cc2)[C@H](CC)C(=O)NC(C)(C)C)c2ccc(C)cc2)cc1. The molecule has 3 rings (SSSR count). The Morgan fingerprint density at radius 3 is 1.90 bits per heavy atom. The average molecular weight is 594 g/mol. The first-order valence-electron chi connectivity index (χ1n) is 14.2. The van der Waals surface area contributed by atoms with Crippen LogP contribution in [0.3, 0.4) is 0 Å². The van der Waals surface area contributed by atoms with E-state index in [0.29, 0.717) is 24.5 Å². The maximum atomic E-state index is 14.2. The van der Waals surface area contributed by atoms with Crippen molar-refractivity contribution < 1.29 is 22.7 Å². The number of amides is 2. The summed E-state index contributed by atoms with van der Waals surface area (Å²) in [6, 6.07) is 20.0. The van der Waals surface area contributed by atoms with Gasteiger partial charge in [-0.3, -0.25) is 13.9 Å². The van der Waals surface area contributed by atoms with Gasteiger partial charge in [-0.05, 0) is 89.9 Å². The summed E-state index contributed by atoms with van der Waals surface area (Å²) in [7, 11) is -4.16. The number of hydrogen-bond acceptors (Lipinski definition) is 5. The molecule has 1 N–H and O–H groups in total. The maximum Gasteiger partial charge on any atom is 0.264 e. The molecule has 3 aromatic rings. The van der Waals surface area contributed by atoms with Crippen molar-refractivity contribution in [1.29, 1.82) is 0 Å². The highest BCUT2D eigenvalue weighted by Gasteiger charge is 2.34. The molecular weight excluding hydrogens is 550 g/mol. The van der Waals surface area contributed by atoms with E-state index in [1.165, 1.54) is 17.0 Å². The van der Waals surface area contributed by atoms with Gasteiger partial charge in [-0.1, -0.05) is 54.4 Å². The second-order valence-electron chi connectivity index (χ2n) is 11.4. The Kier molecular flexibility index (Phi) is 10.8. The predicted octanol–water partition coefficient (Wildman–Crippen LogP) is 5.62. The van der Waals surface area contributed by atoms with Crippen molar-refractivity contribution in [1.82, 2.24) is 10.2 Å². The standard InChI is InChI=1S/C33H43N3O5S/c1-8-30(32(38)34-33(5,6)7)35(22-26-14-10-24(3)11-15-26)31(37)23-36(27-16-12-25(4)13-17-27)42(39,40)29-20-18-28(19-21-29)41-9-2/h10-21,30H,8-9,22-23H2,1-7H3,(H,34,38)/t30-/m1/s1. The normalized spacial score (nSPS) is 12.4. The molecule has 0 fully saturated rings. The minimum Gasteiger partial charge on any atom is -0.494 e. The lowest BCUT2D eigenvalue weighted by molar-refractivity contribution is -0.141. The van der Waals surface area contributed by atoms with E-state index in [-0.39, 0.29) is 17.3 Å². The molecule has 0 saturated carbocycles. The molecule has 8 nitrogen and oxygen atoms in total. The second-order valence-corrected chi connectivity index (χ2v) is 13.3. The molecule has 0 aliphatic rings. The van der Waals surface area contributed by atoms with E-state index < -0.39 is 34.1 Å². The summed E-state index contributed by atoms with van der Waals surface area (Å²) in [5.74, 6) is -0.224. The maximum absolute atomic E-state index is 14.2. The van der Waals surface area contributed by atoms with Gasteiger partial charge < -0.3 is 15.0 Å². The molecule has 2 amide bonds. The summed E-state index contributed by atoms with van der Waals surface area (Å²) in [4.78, 5) is 29.1. The minimum atomic E-state index is -4.16. The van der Waals surface area contributed by atoms with Crippen LogP contribution in [-0.4, -0.2) is 49.9 Å². The number of hydrogen-bond donors (Lipinski definition) is 1. The molecule has 1 atom stereocenters. The number of nitrogens with zero attached hydrogens (tertiary/aromatic N) is 2. The fourth-order valence-corrected chi connectivity index (χ4v) is 5.92. The van der Waals surface area contributed by atoms with Crippen molar-refractivity contribution >= 4 is 27.5 Å². The zero-order valence-electron chi connectivity index (χ0n) is 25.7. The highest BCUT2D eigenvalue weighted by Crippen LogP contribution is 2.27. The zero-order valence-corrected chi connectivity index (χ0v) is 26.5. The van der Waals surface area contributed by atoms with Crippen LogP contribution in [-0.2, 0) is 26.2 Å². The molecule has 0 aliphatic carbocycles. The molecule has 0 bridgehead atoms. The quantitative estimate of drug-likeness (QED) is 0.294. The van der Waals surface area contributed by atoms with E-state index in [1.807, 2.05) is 72.7 Å². The third kappa shape index (κ3) is 8.58. The highest BCUT2D eigenvalue weighted by molar-refractivity contribution is 7.92. The van der Waals surface area contributed by atoms with Crippen molar-refractivity contribution in [3.05, 3.63) is 89.5 Å². The second kappa shape index (κ2) is 13.9. The monoisotopic (exact) mass is 593 g/mol. The number of anilines is 1. The van der Waals surface area contributed by atoms with Crippen LogP contribution in [0.5, 0.6) is 5.75 Å². The summed E-state index contributed by atoms with van der Waals surface area (Å²) in [5.41, 5.74) is 2.71. The number of ether oxygens (including phenoxy) is 1. The van der Waals surface area contributed by atoms with E-state index in [0.717, 1.165) is 21.0 Å². The smallest absolute Gasteiger partial charge is 0.264 e. The van der Waals surface area contributed by atoms with Crippen molar-refractivity contribution in [2.45, 2.75) is 77.9 Å². The number of benzene rings is 3. The Morgan fingerprint density at radius 1 is 0.857 bits per heavy atom. The fraction of sp³-hybridized carbons (Fsp3) is 0.394. The van der Waals surface area contributed by atoms with E-state index in [2.05, 4.69) is 5.32 Å². The number of sulfonamides is 1. The predicted molar refractivity (Wildman–Crippen MR) is 167 cm³/mol. The number of rotatable bonds is 12. The third-order valence-corrected chi connectivity index (χ3v) is 8.47. The Labute approximate surface area is 250 Å². The number of carbonyl (C=O) groups excluding carboxylic acids is 2. The highest BCUT2D eigenvalue weighted by atomic mass is 32.2. The summed E-state index contributed by atoms with van der Waals surface area (Å²) >= 11 is 0. The molecular formula is C33H43N3O5S. The lowest BCUT2D eigenvalue weighted by atomic mass is 10.1. The molecule has 0 spiro atoms. The van der Waals surface area contributed by atoms with Crippen LogP contribution in [0.15, 0.2) is 77.7 Å². The Hall–Kier alpha value is -3.85. The molecule has 0 saturated heterocycles. The summed E-state index contributed by atoms with van der Waals surface area (Å²) < 4.78 is 34.7. The zero-order chi connectivity index (χ0) is 31.1. The van der Waals surface area contributed by atoms with Crippen LogP contribution in [0, 0.1) is 13.8 Å². The first-order valence-corrected chi connectivity index (χ1v) is 15.7. The molecule has 42 heavy (non-hydrogen) atoms. The van der Waals surface area contributed by atoms with Crippen molar-refractivity contribution in [2.24, 2.45) is 0 Å². The van der Waals surface area contributed by atoms with Gasteiger partial charge in [0.1, 0.15) is 18.3 Å². The number of nitrogens with one attached hydrogen (secondary N) is 1. The average Bonchev–Trinajstić information content (AvgIpc) is 2.92. The van der Waals surface area contributed by atoms with Crippen LogP contribution < -0.4 is 14.4 Å².